The molecule has 5 nitrogen and oxygen atoms in total. The van der Waals surface area contributed by atoms with Crippen LogP contribution in [0.15, 0.2) is 79.0 Å². The number of nitrogens with one attached hydrogen (secondary N) is 1. The van der Waals surface area contributed by atoms with Gasteiger partial charge >= 0.3 is 6.09 Å². The van der Waals surface area contributed by atoms with Crippen molar-refractivity contribution in [3.05, 3.63) is 79.0 Å². The lowest BCUT2D eigenvalue weighted by molar-refractivity contribution is 0.201. The molecule has 0 saturated carbocycles. The Kier molecular flexibility index (Phi) is 5.41. The minimum absolute atomic E-state index is 0.455. The summed E-state index contributed by atoms with van der Waals surface area (Å²) in [5.41, 5.74) is 1.14. The predicted molar refractivity (Wildman–Crippen MR) is 109 cm³/mol. The van der Waals surface area contributed by atoms with Crippen LogP contribution in [0.5, 0.6) is 5.75 Å². The van der Waals surface area contributed by atoms with E-state index >= 15 is 0 Å². The molecule has 0 unspecified atom stereocenters. The van der Waals surface area contributed by atoms with Gasteiger partial charge in [-0.05, 0) is 57.2 Å². The highest BCUT2D eigenvalue weighted by Crippen LogP contribution is 2.30. The van der Waals surface area contributed by atoms with Crippen molar-refractivity contribution in [2.75, 3.05) is 10.2 Å². The van der Waals surface area contributed by atoms with Crippen molar-refractivity contribution in [1.29, 1.82) is 0 Å². The summed E-state index contributed by atoms with van der Waals surface area (Å²) in [5, 5.41) is 3.28. The van der Waals surface area contributed by atoms with Crippen LogP contribution in [0.1, 0.15) is 20.8 Å². The van der Waals surface area contributed by atoms with E-state index in [4.69, 9.17) is 4.74 Å². The molecule has 1 amide bonds. The molecule has 0 radical (unpaired) electrons. The van der Waals surface area contributed by atoms with E-state index in [1.165, 1.54) is 0 Å². The molecular formula is C22H23N3O2. The summed E-state index contributed by atoms with van der Waals surface area (Å²) < 4.78 is 5.75. The third-order valence-electron chi connectivity index (χ3n) is 3.87. The van der Waals surface area contributed by atoms with Crippen LogP contribution in [0.2, 0.25) is 0 Å². The van der Waals surface area contributed by atoms with Crippen molar-refractivity contribution in [3.8, 4) is 5.75 Å². The Bertz CT molecular complexity index is 890. The van der Waals surface area contributed by atoms with Gasteiger partial charge in [0.25, 0.3) is 0 Å². The number of carbonyl (C=O) groups excluding carboxylic acids is 1. The second kappa shape index (κ2) is 7.91. The van der Waals surface area contributed by atoms with E-state index in [-0.39, 0.29) is 0 Å². The molecular weight excluding hydrogens is 338 g/mol. The quantitative estimate of drug-likeness (QED) is 0.654. The van der Waals surface area contributed by atoms with Crippen LogP contribution >= 0.6 is 0 Å². The zero-order valence-electron chi connectivity index (χ0n) is 15.7. The number of nitrogens with zero attached hydrogens (tertiary/aromatic N) is 2. The Hall–Kier alpha value is -3.34. The number of hydrogen-bond donors (Lipinski definition) is 1. The van der Waals surface area contributed by atoms with Crippen LogP contribution in [-0.2, 0) is 0 Å². The molecule has 3 aromatic rings. The second-order valence-corrected chi connectivity index (χ2v) is 7.05. The molecule has 0 saturated heterocycles. The molecule has 0 aliphatic rings. The maximum absolute atomic E-state index is 13.0. The van der Waals surface area contributed by atoms with Crippen molar-refractivity contribution in [3.63, 3.8) is 0 Å². The van der Waals surface area contributed by atoms with Gasteiger partial charge in [0.1, 0.15) is 5.82 Å². The molecule has 1 N–H and O–H groups in total. The van der Waals surface area contributed by atoms with E-state index in [2.05, 4.69) is 10.3 Å². The third-order valence-corrected chi connectivity index (χ3v) is 3.87. The van der Waals surface area contributed by atoms with Crippen LogP contribution in [-0.4, -0.2) is 16.6 Å². The van der Waals surface area contributed by atoms with Crippen LogP contribution in [0, 0.1) is 0 Å². The molecule has 0 atom stereocenters. The van der Waals surface area contributed by atoms with Gasteiger partial charge in [0.2, 0.25) is 0 Å². The summed E-state index contributed by atoms with van der Waals surface area (Å²) >= 11 is 0. The molecule has 2 aromatic carbocycles. The molecule has 3 rings (SSSR count). The number of aromatic nitrogens is 1. The summed E-state index contributed by atoms with van der Waals surface area (Å²) in [7, 11) is 0. The molecule has 5 heteroatoms. The molecule has 27 heavy (non-hydrogen) atoms. The number of amides is 1. The SMILES string of the molecule is CC(C)(C)N(C(=O)Oc1ccccc1Nc1ccccc1)c1ccccn1. The van der Waals surface area contributed by atoms with Crippen molar-refractivity contribution in [2.45, 2.75) is 26.3 Å². The summed E-state index contributed by atoms with van der Waals surface area (Å²) in [6, 6.07) is 22.6. The lowest BCUT2D eigenvalue weighted by Crippen LogP contribution is -2.47. The minimum Gasteiger partial charge on any atom is -0.408 e. The zero-order chi connectivity index (χ0) is 19.3. The average molecular weight is 361 g/mol. The fourth-order valence-electron chi connectivity index (χ4n) is 2.67. The summed E-state index contributed by atoms with van der Waals surface area (Å²) in [6.07, 6.45) is 1.18. The number of benzene rings is 2. The van der Waals surface area contributed by atoms with E-state index in [1.807, 2.05) is 81.4 Å². The first-order valence-electron chi connectivity index (χ1n) is 8.79. The van der Waals surface area contributed by atoms with Crippen LogP contribution in [0.3, 0.4) is 0 Å². The van der Waals surface area contributed by atoms with Gasteiger partial charge in [0.05, 0.1) is 5.69 Å². The van der Waals surface area contributed by atoms with E-state index in [0.717, 1.165) is 5.69 Å². The van der Waals surface area contributed by atoms with Gasteiger partial charge in [-0.2, -0.15) is 0 Å². The Morgan fingerprint density at radius 2 is 1.59 bits per heavy atom. The molecule has 0 bridgehead atoms. The highest BCUT2D eigenvalue weighted by molar-refractivity contribution is 5.90. The fourth-order valence-corrected chi connectivity index (χ4v) is 2.67. The van der Waals surface area contributed by atoms with Crippen molar-refractivity contribution in [1.82, 2.24) is 4.98 Å². The molecule has 0 aliphatic carbocycles. The first-order chi connectivity index (χ1) is 12.9. The summed E-state index contributed by atoms with van der Waals surface area (Å²) in [5.74, 6) is 1.00. The number of rotatable bonds is 4. The van der Waals surface area contributed by atoms with Gasteiger partial charge in [-0.15, -0.1) is 0 Å². The Morgan fingerprint density at radius 1 is 0.926 bits per heavy atom. The first-order valence-corrected chi connectivity index (χ1v) is 8.79. The van der Waals surface area contributed by atoms with Gasteiger partial charge in [0.15, 0.2) is 5.75 Å². The highest BCUT2D eigenvalue weighted by Gasteiger charge is 2.31. The maximum atomic E-state index is 13.0. The second-order valence-electron chi connectivity index (χ2n) is 7.05. The topological polar surface area (TPSA) is 54.5 Å². The smallest absolute Gasteiger partial charge is 0.408 e. The number of anilines is 3. The van der Waals surface area contributed by atoms with Crippen LogP contribution in [0.25, 0.3) is 0 Å². The van der Waals surface area contributed by atoms with Crippen molar-refractivity contribution >= 4 is 23.3 Å². The van der Waals surface area contributed by atoms with Gasteiger partial charge in [-0.25, -0.2) is 9.78 Å². The van der Waals surface area contributed by atoms with E-state index in [1.54, 1.807) is 23.2 Å². The van der Waals surface area contributed by atoms with Gasteiger partial charge in [0, 0.05) is 17.4 Å². The third kappa shape index (κ3) is 4.64. The number of para-hydroxylation sites is 3. The maximum Gasteiger partial charge on any atom is 0.421 e. The standard InChI is InChI=1S/C22H23N3O2/c1-22(2,3)25(20-15-9-10-16-23-20)21(26)27-19-14-8-7-13-18(19)24-17-11-5-4-6-12-17/h4-16,24H,1-3H3. The van der Waals surface area contributed by atoms with Gasteiger partial charge in [-0.3, -0.25) is 4.90 Å². The lowest BCUT2D eigenvalue weighted by Gasteiger charge is -2.33. The number of pyridine rings is 1. The van der Waals surface area contributed by atoms with Crippen molar-refractivity contribution < 1.29 is 9.53 Å². The Morgan fingerprint density at radius 3 is 2.26 bits per heavy atom. The van der Waals surface area contributed by atoms with Gasteiger partial charge < -0.3 is 10.1 Å². The molecule has 0 fully saturated rings. The monoisotopic (exact) mass is 361 g/mol. The number of carbonyl (C=O) groups is 1. The molecule has 1 heterocycles. The normalized spacial score (nSPS) is 10.9. The molecule has 0 aliphatic heterocycles. The van der Waals surface area contributed by atoms with Gasteiger partial charge in [-0.1, -0.05) is 36.4 Å². The van der Waals surface area contributed by atoms with Crippen LogP contribution < -0.4 is 15.0 Å². The minimum atomic E-state index is -0.493. The zero-order valence-corrected chi connectivity index (χ0v) is 15.7. The Balaban J connectivity index is 1.86. The molecule has 1 aromatic heterocycles. The molecule has 0 spiro atoms. The van der Waals surface area contributed by atoms with E-state index in [0.29, 0.717) is 17.3 Å². The summed E-state index contributed by atoms with van der Waals surface area (Å²) in [4.78, 5) is 18.9. The first kappa shape index (κ1) is 18.5. The lowest BCUT2D eigenvalue weighted by atomic mass is 10.1. The number of ether oxygens (including phenoxy) is 1. The Labute approximate surface area is 159 Å². The average Bonchev–Trinajstić information content (AvgIpc) is 2.64. The van der Waals surface area contributed by atoms with Crippen molar-refractivity contribution in [2.24, 2.45) is 0 Å². The molecule has 138 valence electrons. The highest BCUT2D eigenvalue weighted by atomic mass is 16.6. The number of hydrogen-bond acceptors (Lipinski definition) is 4. The van der Waals surface area contributed by atoms with E-state index < -0.39 is 11.6 Å². The largest absolute Gasteiger partial charge is 0.421 e. The van der Waals surface area contributed by atoms with E-state index in [9.17, 15) is 4.79 Å². The summed E-state index contributed by atoms with van der Waals surface area (Å²) in [6.45, 7) is 5.82. The fraction of sp³-hybridized carbons (Fsp3) is 0.182. The predicted octanol–water partition coefficient (Wildman–Crippen LogP) is 5.63. The van der Waals surface area contributed by atoms with Crippen LogP contribution in [0.4, 0.5) is 22.0 Å².